The van der Waals surface area contributed by atoms with Crippen LogP contribution < -0.4 is 4.90 Å². The second-order valence-corrected chi connectivity index (χ2v) is 6.85. The molecule has 1 aromatic carbocycles. The molecule has 4 nitrogen and oxygen atoms in total. The maximum atomic E-state index is 4.20. The molecule has 1 fully saturated rings. The highest BCUT2D eigenvalue weighted by Gasteiger charge is 2.30. The average Bonchev–Trinajstić information content (AvgIpc) is 3.05. The number of aromatic nitrogens is 2. The van der Waals surface area contributed by atoms with E-state index in [0.29, 0.717) is 12.0 Å². The van der Waals surface area contributed by atoms with Crippen LogP contribution in [0.3, 0.4) is 0 Å². The topological polar surface area (TPSA) is 24.3 Å². The quantitative estimate of drug-likeness (QED) is 0.851. The SMILES string of the molecule is C[C@H]1CN(c2ccc(-n3cnc(Br)c3)cc2)C[C@@H]1N(C)C. The van der Waals surface area contributed by atoms with Crippen molar-refractivity contribution in [2.24, 2.45) is 5.92 Å². The largest absolute Gasteiger partial charge is 0.370 e. The molecule has 0 radical (unpaired) electrons. The van der Waals surface area contributed by atoms with Crippen LogP contribution in [-0.4, -0.2) is 47.7 Å². The summed E-state index contributed by atoms with van der Waals surface area (Å²) in [5.74, 6) is 0.698. The summed E-state index contributed by atoms with van der Waals surface area (Å²) in [6.07, 6.45) is 3.79. The standard InChI is InChI=1S/C16H21BrN4/c1-12-8-20(9-15(12)19(2)3)13-4-6-14(7-5-13)21-10-16(17)18-11-21/h4-7,10-12,15H,8-9H2,1-3H3/t12-,15-/m0/s1. The number of benzene rings is 1. The van der Waals surface area contributed by atoms with Gasteiger partial charge in [0, 0.05) is 36.7 Å². The summed E-state index contributed by atoms with van der Waals surface area (Å²) in [6.45, 7) is 4.56. The highest BCUT2D eigenvalue weighted by molar-refractivity contribution is 9.10. The van der Waals surface area contributed by atoms with Gasteiger partial charge in [0.25, 0.3) is 0 Å². The van der Waals surface area contributed by atoms with Crippen LogP contribution in [0.2, 0.25) is 0 Å². The molecule has 1 aliphatic heterocycles. The third kappa shape index (κ3) is 2.99. The Hall–Kier alpha value is -1.33. The van der Waals surface area contributed by atoms with E-state index < -0.39 is 0 Å². The molecule has 21 heavy (non-hydrogen) atoms. The Morgan fingerprint density at radius 1 is 1.14 bits per heavy atom. The monoisotopic (exact) mass is 348 g/mol. The zero-order valence-corrected chi connectivity index (χ0v) is 14.3. The Bertz CT molecular complexity index is 605. The fourth-order valence-electron chi connectivity index (χ4n) is 3.11. The minimum Gasteiger partial charge on any atom is -0.370 e. The number of anilines is 1. The van der Waals surface area contributed by atoms with Gasteiger partial charge in [0.1, 0.15) is 10.9 Å². The molecule has 0 amide bonds. The van der Waals surface area contributed by atoms with Crippen LogP contribution in [-0.2, 0) is 0 Å². The zero-order valence-electron chi connectivity index (χ0n) is 12.7. The van der Waals surface area contributed by atoms with Crippen molar-refractivity contribution in [1.82, 2.24) is 14.5 Å². The van der Waals surface area contributed by atoms with E-state index in [1.807, 2.05) is 17.1 Å². The number of halogens is 1. The lowest BCUT2D eigenvalue weighted by atomic mass is 10.1. The highest BCUT2D eigenvalue weighted by atomic mass is 79.9. The third-order valence-corrected chi connectivity index (χ3v) is 4.71. The number of nitrogens with zero attached hydrogens (tertiary/aromatic N) is 4. The second-order valence-electron chi connectivity index (χ2n) is 6.03. The van der Waals surface area contributed by atoms with Gasteiger partial charge in [-0.3, -0.25) is 0 Å². The molecule has 0 unspecified atom stereocenters. The Kier molecular flexibility index (Phi) is 4.04. The summed E-state index contributed by atoms with van der Waals surface area (Å²) in [4.78, 5) is 9.01. The Morgan fingerprint density at radius 3 is 2.33 bits per heavy atom. The van der Waals surface area contributed by atoms with Crippen LogP contribution in [0.1, 0.15) is 6.92 Å². The summed E-state index contributed by atoms with van der Waals surface area (Å²) in [5.41, 5.74) is 2.43. The average molecular weight is 349 g/mol. The predicted octanol–water partition coefficient (Wildman–Crippen LogP) is 3.02. The molecule has 3 rings (SSSR count). The van der Waals surface area contributed by atoms with Gasteiger partial charge in [0.15, 0.2) is 0 Å². The number of hydrogen-bond donors (Lipinski definition) is 0. The molecule has 2 atom stereocenters. The van der Waals surface area contributed by atoms with Crippen LogP contribution in [0.5, 0.6) is 0 Å². The number of likely N-dealkylation sites (N-methyl/N-ethyl adjacent to an activating group) is 1. The third-order valence-electron chi connectivity index (χ3n) is 4.30. The highest BCUT2D eigenvalue weighted by Crippen LogP contribution is 2.27. The lowest BCUT2D eigenvalue weighted by Crippen LogP contribution is -2.34. The van der Waals surface area contributed by atoms with Crippen molar-refractivity contribution in [3.63, 3.8) is 0 Å². The first-order chi connectivity index (χ1) is 10.0. The molecule has 0 N–H and O–H groups in total. The number of hydrogen-bond acceptors (Lipinski definition) is 3. The summed E-state index contributed by atoms with van der Waals surface area (Å²) in [6, 6.07) is 9.34. The molecular weight excluding hydrogens is 328 g/mol. The van der Waals surface area contributed by atoms with Gasteiger partial charge in [-0.05, 0) is 60.2 Å². The smallest absolute Gasteiger partial charge is 0.124 e. The Labute approximate surface area is 134 Å². The Morgan fingerprint density at radius 2 is 1.81 bits per heavy atom. The van der Waals surface area contributed by atoms with Crippen molar-refractivity contribution in [1.29, 1.82) is 0 Å². The fourth-order valence-corrected chi connectivity index (χ4v) is 3.42. The minimum atomic E-state index is 0.634. The molecule has 1 aromatic heterocycles. The first-order valence-corrected chi connectivity index (χ1v) is 8.05. The van der Waals surface area contributed by atoms with Gasteiger partial charge in [-0.2, -0.15) is 0 Å². The predicted molar refractivity (Wildman–Crippen MR) is 90.1 cm³/mol. The van der Waals surface area contributed by atoms with Crippen molar-refractivity contribution in [3.8, 4) is 5.69 Å². The van der Waals surface area contributed by atoms with E-state index in [1.54, 1.807) is 0 Å². The molecule has 5 heteroatoms. The zero-order chi connectivity index (χ0) is 15.0. The van der Waals surface area contributed by atoms with Gasteiger partial charge >= 0.3 is 0 Å². The molecule has 2 heterocycles. The van der Waals surface area contributed by atoms with Crippen LogP contribution in [0, 0.1) is 5.92 Å². The molecule has 0 spiro atoms. The maximum absolute atomic E-state index is 4.20. The summed E-state index contributed by atoms with van der Waals surface area (Å²) < 4.78 is 2.87. The van der Waals surface area contributed by atoms with Gasteiger partial charge in [0.2, 0.25) is 0 Å². The summed E-state index contributed by atoms with van der Waals surface area (Å²) in [7, 11) is 4.34. The molecule has 0 bridgehead atoms. The van der Waals surface area contributed by atoms with Gasteiger partial charge in [-0.25, -0.2) is 4.98 Å². The van der Waals surface area contributed by atoms with E-state index in [4.69, 9.17) is 0 Å². The first kappa shape index (κ1) is 14.6. The first-order valence-electron chi connectivity index (χ1n) is 7.26. The van der Waals surface area contributed by atoms with E-state index in [0.717, 1.165) is 23.4 Å². The van der Waals surface area contributed by atoms with Crippen LogP contribution >= 0.6 is 15.9 Å². The van der Waals surface area contributed by atoms with Crippen molar-refractivity contribution in [3.05, 3.63) is 41.4 Å². The summed E-state index contributed by atoms with van der Waals surface area (Å²) in [5, 5.41) is 0. The van der Waals surface area contributed by atoms with E-state index >= 15 is 0 Å². The molecule has 112 valence electrons. The number of imidazole rings is 1. The van der Waals surface area contributed by atoms with Crippen molar-refractivity contribution in [2.45, 2.75) is 13.0 Å². The van der Waals surface area contributed by atoms with Gasteiger partial charge in [0.05, 0.1) is 0 Å². The molecule has 2 aromatic rings. The minimum absolute atomic E-state index is 0.634. The fraction of sp³-hybridized carbons (Fsp3) is 0.438. The van der Waals surface area contributed by atoms with E-state index in [1.165, 1.54) is 5.69 Å². The van der Waals surface area contributed by atoms with E-state index in [9.17, 15) is 0 Å². The maximum Gasteiger partial charge on any atom is 0.124 e. The molecule has 0 saturated carbocycles. The number of rotatable bonds is 3. The van der Waals surface area contributed by atoms with Crippen LogP contribution in [0.4, 0.5) is 5.69 Å². The van der Waals surface area contributed by atoms with E-state index in [2.05, 4.69) is 76.0 Å². The lowest BCUT2D eigenvalue weighted by Gasteiger charge is -2.23. The van der Waals surface area contributed by atoms with Gasteiger partial charge in [-0.15, -0.1) is 0 Å². The summed E-state index contributed by atoms with van der Waals surface area (Å²) >= 11 is 3.38. The van der Waals surface area contributed by atoms with E-state index in [-0.39, 0.29) is 0 Å². The van der Waals surface area contributed by atoms with Crippen LogP contribution in [0.15, 0.2) is 41.4 Å². The van der Waals surface area contributed by atoms with Crippen molar-refractivity contribution in [2.75, 3.05) is 32.1 Å². The lowest BCUT2D eigenvalue weighted by molar-refractivity contribution is 0.266. The van der Waals surface area contributed by atoms with Crippen LogP contribution in [0.25, 0.3) is 5.69 Å². The van der Waals surface area contributed by atoms with Crippen molar-refractivity contribution < 1.29 is 0 Å². The second kappa shape index (κ2) is 5.81. The molecule has 1 saturated heterocycles. The molecule has 1 aliphatic rings. The van der Waals surface area contributed by atoms with Gasteiger partial charge in [-0.1, -0.05) is 6.92 Å². The van der Waals surface area contributed by atoms with Gasteiger partial charge < -0.3 is 14.4 Å². The molecule has 0 aliphatic carbocycles. The normalized spacial score (nSPS) is 22.2. The Balaban J connectivity index is 1.76. The molecular formula is C16H21BrN4. The van der Waals surface area contributed by atoms with Crippen molar-refractivity contribution >= 4 is 21.6 Å².